The molecule has 5 heteroatoms. The van der Waals surface area contributed by atoms with Gasteiger partial charge in [0.1, 0.15) is 5.82 Å². The van der Waals surface area contributed by atoms with Crippen molar-refractivity contribution in [3.63, 3.8) is 0 Å². The Morgan fingerprint density at radius 3 is 2.62 bits per heavy atom. The van der Waals surface area contributed by atoms with E-state index < -0.39 is 0 Å². The van der Waals surface area contributed by atoms with E-state index >= 15 is 0 Å². The second-order valence-electron chi connectivity index (χ2n) is 5.63. The third-order valence-electron chi connectivity index (χ3n) is 3.88. The Balaban J connectivity index is 1.70. The topological polar surface area (TPSA) is 23.6 Å². The second kappa shape index (κ2) is 7.80. The highest BCUT2D eigenvalue weighted by Crippen LogP contribution is 2.23. The van der Waals surface area contributed by atoms with E-state index in [9.17, 15) is 9.18 Å². The summed E-state index contributed by atoms with van der Waals surface area (Å²) < 4.78 is 13.5. The van der Waals surface area contributed by atoms with E-state index in [1.54, 1.807) is 22.7 Å². The molecule has 1 fully saturated rings. The number of halogens is 1. The van der Waals surface area contributed by atoms with Crippen LogP contribution in [0.2, 0.25) is 0 Å². The van der Waals surface area contributed by atoms with Crippen molar-refractivity contribution in [3.8, 4) is 0 Å². The van der Waals surface area contributed by atoms with Gasteiger partial charge in [-0.05, 0) is 38.1 Å². The van der Waals surface area contributed by atoms with Gasteiger partial charge < -0.3 is 9.80 Å². The number of carbonyl (C=O) groups is 1. The number of hydrogen-bond acceptors (Lipinski definition) is 3. The summed E-state index contributed by atoms with van der Waals surface area (Å²) in [5.41, 5.74) is 0. The van der Waals surface area contributed by atoms with E-state index in [-0.39, 0.29) is 17.6 Å². The lowest BCUT2D eigenvalue weighted by molar-refractivity contribution is -0.134. The van der Waals surface area contributed by atoms with E-state index in [2.05, 4.69) is 4.90 Å². The highest BCUT2D eigenvalue weighted by atomic mass is 32.2. The highest BCUT2D eigenvalue weighted by molar-refractivity contribution is 7.99. The predicted molar refractivity (Wildman–Crippen MR) is 85.0 cm³/mol. The van der Waals surface area contributed by atoms with Crippen LogP contribution in [0.5, 0.6) is 0 Å². The Morgan fingerprint density at radius 2 is 2.00 bits per heavy atom. The van der Waals surface area contributed by atoms with Gasteiger partial charge in [-0.2, -0.15) is 0 Å². The first-order valence-electron chi connectivity index (χ1n) is 7.39. The summed E-state index contributed by atoms with van der Waals surface area (Å²) in [7, 11) is 3.64. The Bertz CT molecular complexity index is 473. The molecule has 0 aliphatic carbocycles. The molecule has 1 aromatic carbocycles. The number of carbonyl (C=O) groups excluding carboxylic acids is 1. The number of thioether (sulfide) groups is 1. The molecule has 0 unspecified atom stereocenters. The molecule has 1 saturated heterocycles. The SMILES string of the molecule is CN(C)C(=O)C1CCN(CCSc2ccccc2F)CC1. The molecule has 0 atom stereocenters. The number of likely N-dealkylation sites (tertiary alicyclic amines) is 1. The maximum Gasteiger partial charge on any atom is 0.225 e. The minimum atomic E-state index is -0.141. The van der Waals surface area contributed by atoms with Crippen molar-refractivity contribution in [2.24, 2.45) is 5.92 Å². The summed E-state index contributed by atoms with van der Waals surface area (Å²) in [6.07, 6.45) is 1.86. The van der Waals surface area contributed by atoms with E-state index in [0.717, 1.165) is 43.1 Å². The molecule has 1 heterocycles. The van der Waals surface area contributed by atoms with Crippen LogP contribution in [0.3, 0.4) is 0 Å². The first-order chi connectivity index (χ1) is 10.1. The number of nitrogens with zero attached hydrogens (tertiary/aromatic N) is 2. The first-order valence-corrected chi connectivity index (χ1v) is 8.37. The predicted octanol–water partition coefficient (Wildman–Crippen LogP) is 2.72. The van der Waals surface area contributed by atoms with Crippen LogP contribution in [0.1, 0.15) is 12.8 Å². The molecule has 2 rings (SSSR count). The van der Waals surface area contributed by atoms with Crippen LogP contribution in [0.15, 0.2) is 29.2 Å². The molecule has 1 aliphatic rings. The average Bonchev–Trinajstić information content (AvgIpc) is 2.49. The number of piperidine rings is 1. The second-order valence-corrected chi connectivity index (χ2v) is 6.76. The Hall–Kier alpha value is -1.07. The summed E-state index contributed by atoms with van der Waals surface area (Å²) in [6.45, 7) is 2.87. The van der Waals surface area contributed by atoms with E-state index in [4.69, 9.17) is 0 Å². The monoisotopic (exact) mass is 310 g/mol. The molecule has 1 amide bonds. The first kappa shape index (κ1) is 16.3. The molecule has 0 saturated carbocycles. The lowest BCUT2D eigenvalue weighted by Crippen LogP contribution is -2.40. The molecule has 1 aliphatic heterocycles. The van der Waals surface area contributed by atoms with Crippen LogP contribution < -0.4 is 0 Å². The molecule has 0 spiro atoms. The van der Waals surface area contributed by atoms with Crippen molar-refractivity contribution in [3.05, 3.63) is 30.1 Å². The third kappa shape index (κ3) is 4.71. The van der Waals surface area contributed by atoms with Gasteiger partial charge in [-0.25, -0.2) is 4.39 Å². The Morgan fingerprint density at radius 1 is 1.33 bits per heavy atom. The van der Waals surface area contributed by atoms with Crippen LogP contribution in [0.4, 0.5) is 4.39 Å². The summed E-state index contributed by atoms with van der Waals surface area (Å²) in [5.74, 6) is 1.16. The van der Waals surface area contributed by atoms with Crippen LogP contribution in [-0.4, -0.2) is 55.2 Å². The van der Waals surface area contributed by atoms with Crippen LogP contribution in [-0.2, 0) is 4.79 Å². The van der Waals surface area contributed by atoms with Gasteiger partial charge in [-0.1, -0.05) is 12.1 Å². The molecule has 3 nitrogen and oxygen atoms in total. The van der Waals surface area contributed by atoms with Gasteiger partial charge in [0.05, 0.1) is 0 Å². The Kier molecular flexibility index (Phi) is 6.06. The fourth-order valence-electron chi connectivity index (χ4n) is 2.62. The van der Waals surface area contributed by atoms with Crippen LogP contribution in [0.25, 0.3) is 0 Å². The molecule has 0 N–H and O–H groups in total. The standard InChI is InChI=1S/C16H23FN2OS/c1-18(2)16(20)13-7-9-19(10-8-13)11-12-21-15-6-4-3-5-14(15)17/h3-6,13H,7-12H2,1-2H3. The van der Waals surface area contributed by atoms with E-state index in [0.29, 0.717) is 0 Å². The van der Waals surface area contributed by atoms with Gasteiger partial charge in [0.2, 0.25) is 5.91 Å². The van der Waals surface area contributed by atoms with E-state index in [1.807, 2.05) is 26.2 Å². The smallest absolute Gasteiger partial charge is 0.225 e. The molecule has 0 aromatic heterocycles. The van der Waals surface area contributed by atoms with Crippen molar-refractivity contribution >= 4 is 17.7 Å². The van der Waals surface area contributed by atoms with Gasteiger partial charge in [-0.15, -0.1) is 11.8 Å². The van der Waals surface area contributed by atoms with Gasteiger partial charge in [0.25, 0.3) is 0 Å². The van der Waals surface area contributed by atoms with Crippen molar-refractivity contribution in [1.82, 2.24) is 9.80 Å². The van der Waals surface area contributed by atoms with Gasteiger partial charge >= 0.3 is 0 Å². The summed E-state index contributed by atoms with van der Waals surface area (Å²) >= 11 is 1.56. The largest absolute Gasteiger partial charge is 0.349 e. The normalized spacial score (nSPS) is 16.9. The lowest BCUT2D eigenvalue weighted by Gasteiger charge is -2.32. The number of amides is 1. The summed E-state index contributed by atoms with van der Waals surface area (Å²) in [4.78, 5) is 16.7. The zero-order valence-corrected chi connectivity index (χ0v) is 13.5. The van der Waals surface area contributed by atoms with Crippen LogP contribution >= 0.6 is 11.8 Å². The quantitative estimate of drug-likeness (QED) is 0.781. The Labute approximate surface area is 130 Å². The zero-order valence-electron chi connectivity index (χ0n) is 12.7. The maximum atomic E-state index is 13.5. The molecule has 0 radical (unpaired) electrons. The number of hydrogen-bond donors (Lipinski definition) is 0. The molecular formula is C16H23FN2OS. The van der Waals surface area contributed by atoms with Gasteiger partial charge in [-0.3, -0.25) is 4.79 Å². The zero-order chi connectivity index (χ0) is 15.2. The minimum absolute atomic E-state index is 0.141. The van der Waals surface area contributed by atoms with Gasteiger partial charge in [0, 0.05) is 37.2 Å². The molecule has 1 aromatic rings. The highest BCUT2D eigenvalue weighted by Gasteiger charge is 2.25. The molecule has 116 valence electrons. The van der Waals surface area contributed by atoms with Crippen molar-refractivity contribution < 1.29 is 9.18 Å². The molecular weight excluding hydrogens is 287 g/mol. The van der Waals surface area contributed by atoms with Gasteiger partial charge in [0.15, 0.2) is 0 Å². The lowest BCUT2D eigenvalue weighted by atomic mass is 9.95. The third-order valence-corrected chi connectivity index (χ3v) is 4.91. The van der Waals surface area contributed by atoms with E-state index in [1.165, 1.54) is 6.07 Å². The minimum Gasteiger partial charge on any atom is -0.349 e. The molecule has 21 heavy (non-hydrogen) atoms. The number of rotatable bonds is 5. The fraction of sp³-hybridized carbons (Fsp3) is 0.562. The fourth-order valence-corrected chi connectivity index (χ4v) is 3.57. The summed E-state index contributed by atoms with van der Waals surface area (Å²) in [6, 6.07) is 6.90. The molecule has 0 bridgehead atoms. The average molecular weight is 310 g/mol. The van der Waals surface area contributed by atoms with Crippen molar-refractivity contribution in [2.75, 3.05) is 39.5 Å². The van der Waals surface area contributed by atoms with Crippen LogP contribution in [0, 0.1) is 11.7 Å². The maximum absolute atomic E-state index is 13.5. The number of benzene rings is 1. The summed E-state index contributed by atoms with van der Waals surface area (Å²) in [5, 5.41) is 0. The van der Waals surface area contributed by atoms with Crippen molar-refractivity contribution in [1.29, 1.82) is 0 Å². The van der Waals surface area contributed by atoms with Crippen molar-refractivity contribution in [2.45, 2.75) is 17.7 Å².